The maximum absolute atomic E-state index is 5.57. The number of alkyl halides is 1. The van der Waals surface area contributed by atoms with Crippen LogP contribution >= 0.6 is 11.6 Å². The van der Waals surface area contributed by atoms with Gasteiger partial charge in [0.15, 0.2) is 0 Å². The van der Waals surface area contributed by atoms with Gasteiger partial charge in [-0.3, -0.25) is 4.98 Å². The third-order valence-corrected chi connectivity index (χ3v) is 2.30. The van der Waals surface area contributed by atoms with E-state index in [1.54, 1.807) is 6.20 Å². The van der Waals surface area contributed by atoms with E-state index in [-0.39, 0.29) is 0 Å². The van der Waals surface area contributed by atoms with Crippen molar-refractivity contribution in [3.8, 4) is 11.8 Å². The Morgan fingerprint density at radius 2 is 2.07 bits per heavy atom. The molecule has 74 valence electrons. The third kappa shape index (κ3) is 2.29. The molecule has 0 unspecified atom stereocenters. The summed E-state index contributed by atoms with van der Waals surface area (Å²) < 4.78 is 0. The maximum atomic E-state index is 5.57. The first-order valence-corrected chi connectivity index (χ1v) is 5.33. The molecule has 0 aliphatic heterocycles. The summed E-state index contributed by atoms with van der Waals surface area (Å²) in [6.07, 6.45) is 4.36. The Hall–Kier alpha value is -1.52. The standard InChI is InChI=1S/C13H10ClN/c14-8-4-3-6-12-10-15-9-11-5-1-2-7-13(11)12/h1-2,5,7,9-10H,4,8H2. The minimum absolute atomic E-state index is 0.575. The summed E-state index contributed by atoms with van der Waals surface area (Å²) in [6.45, 7) is 0. The molecule has 1 aromatic carbocycles. The molecule has 0 atom stereocenters. The van der Waals surface area contributed by atoms with Crippen LogP contribution in [0.2, 0.25) is 0 Å². The number of rotatable bonds is 1. The first-order valence-electron chi connectivity index (χ1n) is 4.79. The van der Waals surface area contributed by atoms with E-state index in [1.165, 1.54) is 0 Å². The highest BCUT2D eigenvalue weighted by molar-refractivity contribution is 6.18. The fourth-order valence-electron chi connectivity index (χ4n) is 1.42. The van der Waals surface area contributed by atoms with Crippen LogP contribution in [0.1, 0.15) is 12.0 Å². The highest BCUT2D eigenvalue weighted by Gasteiger charge is 1.96. The van der Waals surface area contributed by atoms with Gasteiger partial charge >= 0.3 is 0 Å². The normalized spacial score (nSPS) is 9.67. The predicted octanol–water partition coefficient (Wildman–Crippen LogP) is 3.22. The lowest BCUT2D eigenvalue weighted by atomic mass is 10.1. The summed E-state index contributed by atoms with van der Waals surface area (Å²) in [6, 6.07) is 8.10. The Kier molecular flexibility index (Phi) is 3.22. The molecule has 1 nitrogen and oxygen atoms in total. The highest BCUT2D eigenvalue weighted by atomic mass is 35.5. The smallest absolute Gasteiger partial charge is 0.0507 e. The molecule has 1 aromatic heterocycles. The number of nitrogens with zero attached hydrogens (tertiary/aromatic N) is 1. The van der Waals surface area contributed by atoms with Crippen molar-refractivity contribution >= 4 is 22.4 Å². The Bertz CT molecular complexity index is 517. The van der Waals surface area contributed by atoms with Crippen molar-refractivity contribution in [2.24, 2.45) is 0 Å². The van der Waals surface area contributed by atoms with Crippen LogP contribution in [-0.2, 0) is 0 Å². The van der Waals surface area contributed by atoms with Crippen LogP contribution in [0.15, 0.2) is 36.7 Å². The predicted molar refractivity (Wildman–Crippen MR) is 64.0 cm³/mol. The van der Waals surface area contributed by atoms with E-state index in [1.807, 2.05) is 24.4 Å². The van der Waals surface area contributed by atoms with Gasteiger partial charge in [-0.15, -0.1) is 11.6 Å². The minimum Gasteiger partial charge on any atom is -0.263 e. The average Bonchev–Trinajstić information content (AvgIpc) is 2.30. The molecule has 0 saturated heterocycles. The maximum Gasteiger partial charge on any atom is 0.0507 e. The van der Waals surface area contributed by atoms with Crippen molar-refractivity contribution in [2.45, 2.75) is 6.42 Å². The SMILES string of the molecule is ClCCC#Cc1cncc2ccccc12. The Morgan fingerprint density at radius 1 is 1.20 bits per heavy atom. The van der Waals surface area contributed by atoms with Crippen molar-refractivity contribution in [1.82, 2.24) is 4.98 Å². The third-order valence-electron chi connectivity index (χ3n) is 2.11. The van der Waals surface area contributed by atoms with E-state index in [4.69, 9.17) is 11.6 Å². The van der Waals surface area contributed by atoms with Crippen molar-refractivity contribution < 1.29 is 0 Å². The summed E-state index contributed by atoms with van der Waals surface area (Å²) in [5.74, 6) is 6.69. The van der Waals surface area contributed by atoms with Crippen LogP contribution in [-0.4, -0.2) is 10.9 Å². The number of hydrogen-bond donors (Lipinski definition) is 0. The van der Waals surface area contributed by atoms with Crippen LogP contribution in [0.3, 0.4) is 0 Å². The molecule has 0 bridgehead atoms. The molecule has 0 fully saturated rings. The number of aromatic nitrogens is 1. The van der Waals surface area contributed by atoms with Crippen LogP contribution in [0.25, 0.3) is 10.8 Å². The first kappa shape index (κ1) is 10.0. The summed E-state index contributed by atoms with van der Waals surface area (Å²) in [7, 11) is 0. The number of benzene rings is 1. The quantitative estimate of drug-likeness (QED) is 0.526. The van der Waals surface area contributed by atoms with Gasteiger partial charge in [0.25, 0.3) is 0 Å². The summed E-state index contributed by atoms with van der Waals surface area (Å²) in [5.41, 5.74) is 0.971. The van der Waals surface area contributed by atoms with Gasteiger partial charge in [-0.2, -0.15) is 0 Å². The van der Waals surface area contributed by atoms with E-state index < -0.39 is 0 Å². The van der Waals surface area contributed by atoms with Gasteiger partial charge in [-0.25, -0.2) is 0 Å². The molecule has 0 saturated carbocycles. The highest BCUT2D eigenvalue weighted by Crippen LogP contribution is 2.15. The molecule has 1 heterocycles. The summed E-state index contributed by atoms with van der Waals surface area (Å²) >= 11 is 5.57. The van der Waals surface area contributed by atoms with Crippen molar-refractivity contribution in [3.05, 3.63) is 42.2 Å². The Balaban J connectivity index is 2.48. The van der Waals surface area contributed by atoms with E-state index in [9.17, 15) is 0 Å². The first-order chi connectivity index (χ1) is 7.42. The van der Waals surface area contributed by atoms with Crippen LogP contribution < -0.4 is 0 Å². The Labute approximate surface area is 94.1 Å². The van der Waals surface area contributed by atoms with Gasteiger partial charge in [0.05, 0.1) is 5.56 Å². The van der Waals surface area contributed by atoms with E-state index in [0.717, 1.165) is 16.3 Å². The monoisotopic (exact) mass is 215 g/mol. The molecule has 0 amide bonds. The lowest BCUT2D eigenvalue weighted by Gasteiger charge is -1.98. The molecule has 2 aromatic rings. The summed E-state index contributed by atoms with van der Waals surface area (Å²) in [4.78, 5) is 4.16. The van der Waals surface area contributed by atoms with Gasteiger partial charge in [0.1, 0.15) is 0 Å². The van der Waals surface area contributed by atoms with Crippen LogP contribution in [0.5, 0.6) is 0 Å². The van der Waals surface area contributed by atoms with Crippen molar-refractivity contribution in [2.75, 3.05) is 5.88 Å². The molecule has 0 radical (unpaired) electrons. The van der Waals surface area contributed by atoms with Gasteiger partial charge in [-0.05, 0) is 0 Å². The van der Waals surface area contributed by atoms with Gasteiger partial charge in [-0.1, -0.05) is 36.1 Å². The zero-order chi connectivity index (χ0) is 10.5. The molecule has 2 heteroatoms. The van der Waals surface area contributed by atoms with Gasteiger partial charge in [0, 0.05) is 35.5 Å². The summed E-state index contributed by atoms with van der Waals surface area (Å²) in [5, 5.41) is 2.27. The lowest BCUT2D eigenvalue weighted by Crippen LogP contribution is -1.82. The topological polar surface area (TPSA) is 12.9 Å². The van der Waals surface area contributed by atoms with Crippen LogP contribution in [0, 0.1) is 11.8 Å². The minimum atomic E-state index is 0.575. The second kappa shape index (κ2) is 4.82. The molecule has 15 heavy (non-hydrogen) atoms. The van der Waals surface area contributed by atoms with E-state index in [2.05, 4.69) is 22.9 Å². The second-order valence-electron chi connectivity index (χ2n) is 3.15. The zero-order valence-electron chi connectivity index (χ0n) is 8.20. The van der Waals surface area contributed by atoms with Crippen molar-refractivity contribution in [1.29, 1.82) is 0 Å². The fourth-order valence-corrected chi connectivity index (χ4v) is 1.52. The molecule has 0 aliphatic carbocycles. The number of hydrogen-bond acceptors (Lipinski definition) is 1. The van der Waals surface area contributed by atoms with Gasteiger partial charge in [0.2, 0.25) is 0 Å². The molecule has 2 rings (SSSR count). The fraction of sp³-hybridized carbons (Fsp3) is 0.154. The average molecular weight is 216 g/mol. The molecule has 0 aliphatic rings. The van der Waals surface area contributed by atoms with Crippen molar-refractivity contribution in [3.63, 3.8) is 0 Å². The molecule has 0 N–H and O–H groups in total. The Morgan fingerprint density at radius 3 is 2.93 bits per heavy atom. The molecular formula is C13H10ClN. The number of fused-ring (bicyclic) bond motifs is 1. The molecular weight excluding hydrogens is 206 g/mol. The largest absolute Gasteiger partial charge is 0.263 e. The van der Waals surface area contributed by atoms with E-state index >= 15 is 0 Å². The van der Waals surface area contributed by atoms with Gasteiger partial charge < -0.3 is 0 Å². The number of halogens is 1. The van der Waals surface area contributed by atoms with Crippen LogP contribution in [0.4, 0.5) is 0 Å². The lowest BCUT2D eigenvalue weighted by molar-refractivity contribution is 1.29. The zero-order valence-corrected chi connectivity index (χ0v) is 8.96. The second-order valence-corrected chi connectivity index (χ2v) is 3.53. The number of pyridine rings is 1. The molecule has 0 spiro atoms. The van der Waals surface area contributed by atoms with E-state index in [0.29, 0.717) is 12.3 Å².